The van der Waals surface area contributed by atoms with Crippen molar-refractivity contribution in [2.75, 3.05) is 0 Å². The van der Waals surface area contributed by atoms with E-state index < -0.39 is 5.97 Å². The number of rotatable bonds is 0. The summed E-state index contributed by atoms with van der Waals surface area (Å²) in [7, 11) is 0. The summed E-state index contributed by atoms with van der Waals surface area (Å²) in [4.78, 5) is 0. The molecule has 0 aromatic carbocycles. The summed E-state index contributed by atoms with van der Waals surface area (Å²) in [6, 6.07) is 0. The van der Waals surface area contributed by atoms with Crippen molar-refractivity contribution < 1.29 is 15.3 Å². The minimum absolute atomic E-state index is 0.274. The van der Waals surface area contributed by atoms with Crippen LogP contribution in [0.4, 0.5) is 0 Å². The first kappa shape index (κ1) is 6.56. The first-order chi connectivity index (χ1) is 4.08. The molecule has 0 radical (unpaired) electrons. The first-order valence-electron chi connectivity index (χ1n) is 2.78. The Labute approximate surface area is 52.9 Å². The summed E-state index contributed by atoms with van der Waals surface area (Å²) in [5, 5.41) is 24.7. The van der Waals surface area contributed by atoms with Crippen molar-refractivity contribution in [1.29, 1.82) is 0 Å². The normalized spacial score (nSPS) is 18.6. The molecule has 0 aliphatic heterocycles. The SMILES string of the molecule is OC(O)(O)C#CC1CC1. The third-order valence-corrected chi connectivity index (χ3v) is 1.02. The maximum atomic E-state index is 8.23. The molecule has 0 heterocycles. The van der Waals surface area contributed by atoms with Crippen molar-refractivity contribution in [2.24, 2.45) is 5.92 Å². The fraction of sp³-hybridized carbons (Fsp3) is 0.667. The summed E-state index contributed by atoms with van der Waals surface area (Å²) in [6.07, 6.45) is 2.01. The molecule has 0 aromatic rings. The van der Waals surface area contributed by atoms with Gasteiger partial charge in [0.25, 0.3) is 0 Å². The molecule has 0 saturated heterocycles. The van der Waals surface area contributed by atoms with Gasteiger partial charge in [0.05, 0.1) is 0 Å². The van der Waals surface area contributed by atoms with Crippen LogP contribution in [0.1, 0.15) is 12.8 Å². The molecule has 0 bridgehead atoms. The van der Waals surface area contributed by atoms with Gasteiger partial charge < -0.3 is 15.3 Å². The Balaban J connectivity index is 2.39. The van der Waals surface area contributed by atoms with Gasteiger partial charge in [0.2, 0.25) is 0 Å². The fourth-order valence-corrected chi connectivity index (χ4v) is 0.427. The van der Waals surface area contributed by atoms with E-state index >= 15 is 0 Å². The molecular formula is C6H8O3. The van der Waals surface area contributed by atoms with Crippen LogP contribution in [0, 0.1) is 17.8 Å². The van der Waals surface area contributed by atoms with Crippen molar-refractivity contribution in [3.8, 4) is 11.8 Å². The van der Waals surface area contributed by atoms with Crippen molar-refractivity contribution in [2.45, 2.75) is 18.8 Å². The summed E-state index contributed by atoms with van der Waals surface area (Å²) >= 11 is 0. The number of aliphatic hydroxyl groups is 3. The molecule has 1 aliphatic carbocycles. The van der Waals surface area contributed by atoms with Crippen LogP contribution >= 0.6 is 0 Å². The van der Waals surface area contributed by atoms with E-state index in [0.29, 0.717) is 0 Å². The third-order valence-electron chi connectivity index (χ3n) is 1.02. The van der Waals surface area contributed by atoms with Crippen molar-refractivity contribution in [1.82, 2.24) is 0 Å². The van der Waals surface area contributed by atoms with E-state index in [1.54, 1.807) is 0 Å². The Morgan fingerprint density at radius 1 is 1.22 bits per heavy atom. The van der Waals surface area contributed by atoms with Gasteiger partial charge in [-0.25, -0.2) is 0 Å². The molecule has 0 aromatic heterocycles. The van der Waals surface area contributed by atoms with E-state index in [2.05, 4.69) is 5.92 Å². The third kappa shape index (κ3) is 3.09. The second-order valence-electron chi connectivity index (χ2n) is 2.18. The van der Waals surface area contributed by atoms with Crippen LogP contribution in [0.2, 0.25) is 0 Å². The van der Waals surface area contributed by atoms with E-state index in [0.717, 1.165) is 12.8 Å². The van der Waals surface area contributed by atoms with Gasteiger partial charge in [-0.1, -0.05) is 5.92 Å². The number of hydrogen-bond donors (Lipinski definition) is 3. The van der Waals surface area contributed by atoms with E-state index in [4.69, 9.17) is 15.3 Å². The van der Waals surface area contributed by atoms with Crippen LogP contribution in [-0.4, -0.2) is 21.3 Å². The van der Waals surface area contributed by atoms with Crippen molar-refractivity contribution in [3.05, 3.63) is 0 Å². The van der Waals surface area contributed by atoms with Crippen LogP contribution < -0.4 is 0 Å². The van der Waals surface area contributed by atoms with Crippen LogP contribution in [0.3, 0.4) is 0 Å². The quantitative estimate of drug-likeness (QED) is 0.290. The summed E-state index contributed by atoms with van der Waals surface area (Å²) in [6.45, 7) is 0. The Morgan fingerprint density at radius 3 is 2.11 bits per heavy atom. The Kier molecular flexibility index (Phi) is 1.45. The highest BCUT2D eigenvalue weighted by atomic mass is 16.7. The Bertz CT molecular complexity index is 153. The maximum absolute atomic E-state index is 8.23. The van der Waals surface area contributed by atoms with Gasteiger partial charge >= 0.3 is 5.97 Å². The first-order valence-corrected chi connectivity index (χ1v) is 2.78. The molecule has 1 aliphatic rings. The molecule has 9 heavy (non-hydrogen) atoms. The smallest absolute Gasteiger partial charge is 0.333 e. The molecule has 50 valence electrons. The topological polar surface area (TPSA) is 60.7 Å². The van der Waals surface area contributed by atoms with Gasteiger partial charge in [-0.3, -0.25) is 0 Å². The lowest BCUT2D eigenvalue weighted by Gasteiger charge is -2.01. The zero-order chi connectivity index (χ0) is 6.91. The Morgan fingerprint density at radius 2 is 1.78 bits per heavy atom. The maximum Gasteiger partial charge on any atom is 0.345 e. The molecule has 1 saturated carbocycles. The second-order valence-corrected chi connectivity index (χ2v) is 2.18. The van der Waals surface area contributed by atoms with Crippen LogP contribution in [0.15, 0.2) is 0 Å². The van der Waals surface area contributed by atoms with Crippen molar-refractivity contribution in [3.63, 3.8) is 0 Å². The van der Waals surface area contributed by atoms with Crippen LogP contribution in [0.5, 0.6) is 0 Å². The highest BCUT2D eigenvalue weighted by Gasteiger charge is 2.20. The highest BCUT2D eigenvalue weighted by Crippen LogP contribution is 2.27. The highest BCUT2D eigenvalue weighted by molar-refractivity contribution is 5.12. The monoisotopic (exact) mass is 128 g/mol. The standard InChI is InChI=1S/C6H8O3/c7-6(8,9)4-3-5-1-2-5/h5,7-9H,1-2H2. The van der Waals surface area contributed by atoms with Crippen molar-refractivity contribution >= 4 is 0 Å². The largest absolute Gasteiger partial charge is 0.345 e. The van der Waals surface area contributed by atoms with E-state index in [1.807, 2.05) is 5.92 Å². The second kappa shape index (κ2) is 1.99. The van der Waals surface area contributed by atoms with Crippen LogP contribution in [-0.2, 0) is 0 Å². The molecule has 0 amide bonds. The molecule has 3 heteroatoms. The molecular weight excluding hydrogens is 120 g/mol. The van der Waals surface area contributed by atoms with Gasteiger partial charge in [0.1, 0.15) is 0 Å². The molecule has 1 fully saturated rings. The van der Waals surface area contributed by atoms with Gasteiger partial charge in [-0.15, -0.1) is 0 Å². The zero-order valence-electron chi connectivity index (χ0n) is 4.83. The fourth-order valence-electron chi connectivity index (χ4n) is 0.427. The predicted octanol–water partition coefficient (Wildman–Crippen LogP) is -0.970. The lowest BCUT2D eigenvalue weighted by Crippen LogP contribution is -2.24. The molecule has 1 rings (SSSR count). The lowest BCUT2D eigenvalue weighted by atomic mass is 10.4. The Hall–Kier alpha value is -0.560. The average Bonchev–Trinajstić information content (AvgIpc) is 2.38. The molecule has 0 atom stereocenters. The lowest BCUT2D eigenvalue weighted by molar-refractivity contribution is -0.265. The molecule has 3 nitrogen and oxygen atoms in total. The van der Waals surface area contributed by atoms with E-state index in [1.165, 1.54) is 0 Å². The predicted molar refractivity (Wildman–Crippen MR) is 29.9 cm³/mol. The number of hydrogen-bond acceptors (Lipinski definition) is 3. The molecule has 0 unspecified atom stereocenters. The molecule has 0 spiro atoms. The van der Waals surface area contributed by atoms with Gasteiger partial charge in [-0.05, 0) is 18.8 Å². The summed E-state index contributed by atoms with van der Waals surface area (Å²) in [5.74, 6) is 1.88. The zero-order valence-corrected chi connectivity index (χ0v) is 4.83. The van der Waals surface area contributed by atoms with Gasteiger partial charge in [-0.2, -0.15) is 0 Å². The average molecular weight is 128 g/mol. The van der Waals surface area contributed by atoms with E-state index in [-0.39, 0.29) is 5.92 Å². The summed E-state index contributed by atoms with van der Waals surface area (Å²) < 4.78 is 0. The molecule has 3 N–H and O–H groups in total. The minimum Gasteiger partial charge on any atom is -0.333 e. The summed E-state index contributed by atoms with van der Waals surface area (Å²) in [5.41, 5.74) is 0. The van der Waals surface area contributed by atoms with E-state index in [9.17, 15) is 0 Å². The van der Waals surface area contributed by atoms with Gasteiger partial charge in [0, 0.05) is 5.92 Å². The minimum atomic E-state index is -2.79. The van der Waals surface area contributed by atoms with Crippen LogP contribution in [0.25, 0.3) is 0 Å². The van der Waals surface area contributed by atoms with Gasteiger partial charge in [0.15, 0.2) is 0 Å².